The highest BCUT2D eigenvalue weighted by atomic mass is 16.5. The number of carbonyl (C=O) groups excluding carboxylic acids is 1. The molecule has 134 valence electrons. The van der Waals surface area contributed by atoms with Gasteiger partial charge in [0.15, 0.2) is 0 Å². The molecule has 0 saturated carbocycles. The minimum atomic E-state index is 0.225. The molecule has 1 amide bonds. The van der Waals surface area contributed by atoms with Gasteiger partial charge in [0.2, 0.25) is 5.91 Å². The Kier molecular flexibility index (Phi) is 5.48. The van der Waals surface area contributed by atoms with Crippen molar-refractivity contribution in [2.45, 2.75) is 33.2 Å². The molecule has 2 aromatic rings. The lowest BCUT2D eigenvalue weighted by molar-refractivity contribution is -0.128. The second-order valence-corrected chi connectivity index (χ2v) is 6.85. The summed E-state index contributed by atoms with van der Waals surface area (Å²) in [6.07, 6.45) is 3.37. The van der Waals surface area contributed by atoms with E-state index in [0.717, 1.165) is 42.2 Å². The summed E-state index contributed by atoms with van der Waals surface area (Å²) in [7, 11) is 1.66. The van der Waals surface area contributed by atoms with E-state index in [-0.39, 0.29) is 5.91 Å². The van der Waals surface area contributed by atoms with Gasteiger partial charge in [-0.1, -0.05) is 6.07 Å². The van der Waals surface area contributed by atoms with Crippen LogP contribution in [-0.2, 0) is 22.5 Å². The molecule has 0 aliphatic carbocycles. The van der Waals surface area contributed by atoms with Gasteiger partial charge in [0, 0.05) is 44.2 Å². The summed E-state index contributed by atoms with van der Waals surface area (Å²) < 4.78 is 7.06. The Morgan fingerprint density at radius 3 is 2.80 bits per heavy atom. The first-order valence-electron chi connectivity index (χ1n) is 8.76. The molecule has 1 unspecified atom stereocenters. The van der Waals surface area contributed by atoms with E-state index in [9.17, 15) is 4.79 Å². The highest BCUT2D eigenvalue weighted by Crippen LogP contribution is 2.21. The van der Waals surface area contributed by atoms with E-state index in [4.69, 9.17) is 4.74 Å². The van der Waals surface area contributed by atoms with Crippen LogP contribution in [0.25, 0.3) is 0 Å². The molecule has 0 N–H and O–H groups in total. The largest absolute Gasteiger partial charge is 0.383 e. The molecule has 25 heavy (non-hydrogen) atoms. The normalized spacial score (nSPS) is 17.5. The van der Waals surface area contributed by atoms with Gasteiger partial charge < -0.3 is 9.64 Å². The van der Waals surface area contributed by atoms with E-state index in [1.165, 1.54) is 0 Å². The average molecular weight is 342 g/mol. The summed E-state index contributed by atoms with van der Waals surface area (Å²) >= 11 is 0. The first-order valence-corrected chi connectivity index (χ1v) is 8.76. The van der Waals surface area contributed by atoms with E-state index >= 15 is 0 Å². The first-order chi connectivity index (χ1) is 12.0. The number of hydrogen-bond acceptors (Lipinski definition) is 4. The van der Waals surface area contributed by atoms with Crippen molar-refractivity contribution in [2.75, 3.05) is 26.8 Å². The Bertz CT molecular complexity index is 724. The lowest BCUT2D eigenvalue weighted by atomic mass is 10.0. The third kappa shape index (κ3) is 4.45. The van der Waals surface area contributed by atoms with Crippen LogP contribution in [-0.4, -0.2) is 52.4 Å². The first kappa shape index (κ1) is 17.6. The summed E-state index contributed by atoms with van der Waals surface area (Å²) in [5, 5.41) is 4.49. The molecule has 6 heteroatoms. The van der Waals surface area contributed by atoms with E-state index in [2.05, 4.69) is 35.2 Å². The van der Waals surface area contributed by atoms with Gasteiger partial charge in [0.05, 0.1) is 18.8 Å². The number of nitrogens with zero attached hydrogens (tertiary/aromatic N) is 4. The summed E-state index contributed by atoms with van der Waals surface area (Å²) in [6.45, 7) is 6.88. The van der Waals surface area contributed by atoms with E-state index < -0.39 is 0 Å². The van der Waals surface area contributed by atoms with Gasteiger partial charge in [-0.15, -0.1) is 0 Å². The number of aryl methyl sites for hydroxylation is 2. The molecular formula is C19H26N4O2. The number of hydrogen-bond donors (Lipinski definition) is 0. The number of likely N-dealkylation sites (tertiary alicyclic amines) is 1. The Balaban J connectivity index is 1.56. The van der Waals surface area contributed by atoms with Crippen molar-refractivity contribution in [3.8, 4) is 0 Å². The SMILES string of the molecule is COCCN1CC(Cc2ccc(Cn3nc(C)cc3C)cn2)CC1=O. The zero-order valence-corrected chi connectivity index (χ0v) is 15.2. The molecule has 0 spiro atoms. The number of rotatable bonds is 7. The maximum Gasteiger partial charge on any atom is 0.223 e. The van der Waals surface area contributed by atoms with Gasteiger partial charge in [0.25, 0.3) is 0 Å². The van der Waals surface area contributed by atoms with E-state index in [0.29, 0.717) is 25.5 Å². The van der Waals surface area contributed by atoms with Crippen LogP contribution in [0, 0.1) is 19.8 Å². The molecule has 2 aromatic heterocycles. The lowest BCUT2D eigenvalue weighted by Gasteiger charge is -2.15. The topological polar surface area (TPSA) is 60.2 Å². The number of ether oxygens (including phenoxy) is 1. The number of pyridine rings is 1. The number of amides is 1. The van der Waals surface area contributed by atoms with Crippen molar-refractivity contribution in [1.82, 2.24) is 19.7 Å². The molecule has 1 aliphatic rings. The van der Waals surface area contributed by atoms with Crippen LogP contribution in [0.3, 0.4) is 0 Å². The van der Waals surface area contributed by atoms with Gasteiger partial charge in [0.1, 0.15) is 0 Å². The van der Waals surface area contributed by atoms with E-state index in [1.807, 2.05) is 22.7 Å². The van der Waals surface area contributed by atoms with Gasteiger partial charge in [-0.05, 0) is 43.9 Å². The zero-order valence-electron chi connectivity index (χ0n) is 15.2. The third-order valence-electron chi connectivity index (χ3n) is 4.68. The van der Waals surface area contributed by atoms with Crippen LogP contribution >= 0.6 is 0 Å². The van der Waals surface area contributed by atoms with Crippen molar-refractivity contribution in [3.05, 3.63) is 47.0 Å². The summed E-state index contributed by atoms with van der Waals surface area (Å²) in [5.74, 6) is 0.571. The van der Waals surface area contributed by atoms with Crippen molar-refractivity contribution in [1.29, 1.82) is 0 Å². The molecule has 3 rings (SSSR count). The number of carbonyl (C=O) groups is 1. The molecule has 1 fully saturated rings. The minimum Gasteiger partial charge on any atom is -0.383 e. The quantitative estimate of drug-likeness (QED) is 0.772. The monoisotopic (exact) mass is 342 g/mol. The smallest absolute Gasteiger partial charge is 0.223 e. The molecule has 1 saturated heterocycles. The second kappa shape index (κ2) is 7.78. The number of aromatic nitrogens is 3. The predicted molar refractivity (Wildman–Crippen MR) is 95.3 cm³/mol. The molecule has 1 aliphatic heterocycles. The molecule has 1 atom stereocenters. The maximum atomic E-state index is 12.0. The third-order valence-corrected chi connectivity index (χ3v) is 4.68. The maximum absolute atomic E-state index is 12.0. The highest BCUT2D eigenvalue weighted by Gasteiger charge is 2.29. The predicted octanol–water partition coefficient (Wildman–Crippen LogP) is 1.98. The van der Waals surface area contributed by atoms with Crippen LogP contribution in [0.1, 0.15) is 29.1 Å². The fourth-order valence-corrected chi connectivity index (χ4v) is 3.38. The van der Waals surface area contributed by atoms with E-state index in [1.54, 1.807) is 7.11 Å². The molecule has 0 aromatic carbocycles. The number of methoxy groups -OCH3 is 1. The van der Waals surface area contributed by atoms with Crippen molar-refractivity contribution in [2.24, 2.45) is 5.92 Å². The van der Waals surface area contributed by atoms with Crippen LogP contribution < -0.4 is 0 Å². The van der Waals surface area contributed by atoms with Crippen LogP contribution in [0.5, 0.6) is 0 Å². The molecule has 6 nitrogen and oxygen atoms in total. The standard InChI is InChI=1S/C19H26N4O2/c1-14-8-15(2)23(21-14)13-16-4-5-18(20-11-16)9-17-10-19(24)22(12-17)6-7-25-3/h4-5,8,11,17H,6-7,9-10,12-13H2,1-3H3. The van der Waals surface area contributed by atoms with Gasteiger partial charge in [-0.2, -0.15) is 5.10 Å². The summed E-state index contributed by atoms with van der Waals surface area (Å²) in [5.41, 5.74) is 4.37. The van der Waals surface area contributed by atoms with Crippen molar-refractivity contribution < 1.29 is 9.53 Å². The molecular weight excluding hydrogens is 316 g/mol. The average Bonchev–Trinajstić information content (AvgIpc) is 3.08. The molecule has 0 radical (unpaired) electrons. The van der Waals surface area contributed by atoms with Gasteiger partial charge in [-0.25, -0.2) is 0 Å². The van der Waals surface area contributed by atoms with Crippen LogP contribution in [0.2, 0.25) is 0 Å². The fourth-order valence-electron chi connectivity index (χ4n) is 3.38. The van der Waals surface area contributed by atoms with Crippen LogP contribution in [0.15, 0.2) is 24.4 Å². The highest BCUT2D eigenvalue weighted by molar-refractivity contribution is 5.78. The van der Waals surface area contributed by atoms with Gasteiger partial charge >= 0.3 is 0 Å². The van der Waals surface area contributed by atoms with Gasteiger partial charge in [-0.3, -0.25) is 14.5 Å². The Morgan fingerprint density at radius 2 is 2.16 bits per heavy atom. The molecule has 0 bridgehead atoms. The fraction of sp³-hybridized carbons (Fsp3) is 0.526. The molecule has 3 heterocycles. The Morgan fingerprint density at radius 1 is 1.32 bits per heavy atom. The Hall–Kier alpha value is -2.21. The minimum absolute atomic E-state index is 0.225. The second-order valence-electron chi connectivity index (χ2n) is 6.85. The Labute approximate surface area is 148 Å². The summed E-state index contributed by atoms with van der Waals surface area (Å²) in [4.78, 5) is 18.5. The summed E-state index contributed by atoms with van der Waals surface area (Å²) in [6, 6.07) is 6.26. The van der Waals surface area contributed by atoms with Crippen molar-refractivity contribution in [3.63, 3.8) is 0 Å². The lowest BCUT2D eigenvalue weighted by Crippen LogP contribution is -2.28. The van der Waals surface area contributed by atoms with Crippen molar-refractivity contribution >= 4 is 5.91 Å². The van der Waals surface area contributed by atoms with Crippen LogP contribution in [0.4, 0.5) is 0 Å². The zero-order chi connectivity index (χ0) is 17.8.